The van der Waals surface area contributed by atoms with E-state index in [0.717, 1.165) is 32.5 Å². The third kappa shape index (κ3) is 4.06. The van der Waals surface area contributed by atoms with Crippen molar-refractivity contribution >= 4 is 5.91 Å². The Kier molecular flexibility index (Phi) is 4.71. The van der Waals surface area contributed by atoms with Crippen molar-refractivity contribution in [2.45, 2.75) is 58.5 Å². The van der Waals surface area contributed by atoms with E-state index in [-0.39, 0.29) is 11.3 Å². The van der Waals surface area contributed by atoms with Gasteiger partial charge in [-0.2, -0.15) is 5.10 Å². The highest BCUT2D eigenvalue weighted by molar-refractivity contribution is 5.73. The van der Waals surface area contributed by atoms with Gasteiger partial charge in [-0.05, 0) is 12.8 Å². The van der Waals surface area contributed by atoms with Crippen molar-refractivity contribution in [3.8, 4) is 0 Å². The summed E-state index contributed by atoms with van der Waals surface area (Å²) in [6.45, 7) is 10.8. The molecule has 1 amide bonds. The lowest BCUT2D eigenvalue weighted by atomic mass is 9.89. The zero-order valence-corrected chi connectivity index (χ0v) is 13.9. The maximum absolute atomic E-state index is 11.3. The largest absolute Gasteiger partial charge is 0.343 e. The van der Waals surface area contributed by atoms with Crippen LogP contribution in [-0.4, -0.2) is 39.7 Å². The van der Waals surface area contributed by atoms with Crippen molar-refractivity contribution in [2.75, 3.05) is 13.1 Å². The first-order chi connectivity index (χ1) is 9.77. The normalized spacial score (nSPS) is 17.3. The van der Waals surface area contributed by atoms with Gasteiger partial charge in [-0.1, -0.05) is 20.8 Å². The van der Waals surface area contributed by atoms with E-state index in [4.69, 9.17) is 0 Å². The molecule has 2 heterocycles. The number of carbonyl (C=O) groups is 1. The van der Waals surface area contributed by atoms with Gasteiger partial charge in [-0.15, -0.1) is 0 Å². The molecule has 1 aromatic rings. The lowest BCUT2D eigenvalue weighted by molar-refractivity contribution is -0.129. The van der Waals surface area contributed by atoms with E-state index in [9.17, 15) is 4.79 Å². The fourth-order valence-corrected chi connectivity index (χ4v) is 2.95. The molecule has 0 atom stereocenters. The lowest BCUT2D eigenvalue weighted by Crippen LogP contribution is -2.44. The molecule has 2 rings (SSSR count). The van der Waals surface area contributed by atoms with Crippen molar-refractivity contribution in [2.24, 2.45) is 7.05 Å². The summed E-state index contributed by atoms with van der Waals surface area (Å²) < 4.78 is 1.90. The van der Waals surface area contributed by atoms with Gasteiger partial charge in [0.15, 0.2) is 0 Å². The molecule has 0 radical (unpaired) electrons. The Balaban J connectivity index is 1.91. The fourth-order valence-electron chi connectivity index (χ4n) is 2.95. The lowest BCUT2D eigenvalue weighted by Gasteiger charge is -2.32. The minimum atomic E-state index is 0.0657. The zero-order chi connectivity index (χ0) is 15.6. The maximum atomic E-state index is 11.3. The van der Waals surface area contributed by atoms with Gasteiger partial charge in [-0.3, -0.25) is 9.48 Å². The van der Waals surface area contributed by atoms with E-state index in [1.807, 2.05) is 16.6 Å². The van der Waals surface area contributed by atoms with Crippen LogP contribution in [0.2, 0.25) is 0 Å². The summed E-state index contributed by atoms with van der Waals surface area (Å²) in [6.07, 6.45) is 4.17. The Hall–Kier alpha value is -1.36. The molecule has 0 bridgehead atoms. The fraction of sp³-hybridized carbons (Fsp3) is 0.750. The highest BCUT2D eigenvalue weighted by Crippen LogP contribution is 2.24. The zero-order valence-electron chi connectivity index (χ0n) is 13.9. The van der Waals surface area contributed by atoms with Gasteiger partial charge in [0.2, 0.25) is 5.91 Å². The third-order valence-corrected chi connectivity index (χ3v) is 4.14. The van der Waals surface area contributed by atoms with Gasteiger partial charge in [-0.25, -0.2) is 0 Å². The van der Waals surface area contributed by atoms with Crippen LogP contribution in [0.1, 0.15) is 51.8 Å². The average Bonchev–Trinajstić information content (AvgIpc) is 2.78. The van der Waals surface area contributed by atoms with E-state index >= 15 is 0 Å². The second-order valence-corrected chi connectivity index (χ2v) is 7.09. The first kappa shape index (κ1) is 16.0. The molecular formula is C16H28N4O. The first-order valence-corrected chi connectivity index (χ1v) is 7.79. The summed E-state index contributed by atoms with van der Waals surface area (Å²) in [6, 6.07) is 0.494. The van der Waals surface area contributed by atoms with Gasteiger partial charge >= 0.3 is 0 Å². The molecule has 1 fully saturated rings. The van der Waals surface area contributed by atoms with E-state index < -0.39 is 0 Å². The number of carbonyl (C=O) groups excluding carboxylic acids is 1. The topological polar surface area (TPSA) is 50.2 Å². The standard InChI is InChI=1S/C16H28N4O/c1-12(21)20-8-6-14(7-9-20)17-10-13-11-19(5)18-15(13)16(2,3)4/h11,14,17H,6-10H2,1-5H3. The van der Waals surface area contributed by atoms with Crippen LogP contribution in [0.15, 0.2) is 6.20 Å². The highest BCUT2D eigenvalue weighted by Gasteiger charge is 2.24. The van der Waals surface area contributed by atoms with Crippen molar-refractivity contribution in [1.29, 1.82) is 0 Å². The Bertz CT molecular complexity index is 493. The molecule has 5 nitrogen and oxygen atoms in total. The summed E-state index contributed by atoms with van der Waals surface area (Å²) in [7, 11) is 1.98. The van der Waals surface area contributed by atoms with E-state index in [1.54, 1.807) is 6.92 Å². The quantitative estimate of drug-likeness (QED) is 0.924. The van der Waals surface area contributed by atoms with Gasteiger partial charge in [0, 0.05) is 56.8 Å². The number of amides is 1. The van der Waals surface area contributed by atoms with Crippen LogP contribution in [-0.2, 0) is 23.8 Å². The monoisotopic (exact) mass is 292 g/mol. The Morgan fingerprint density at radius 3 is 2.52 bits per heavy atom. The summed E-state index contributed by atoms with van der Waals surface area (Å²) in [5, 5.41) is 8.24. The Morgan fingerprint density at radius 2 is 2.00 bits per heavy atom. The molecule has 21 heavy (non-hydrogen) atoms. The molecule has 118 valence electrons. The van der Waals surface area contributed by atoms with Crippen molar-refractivity contribution in [3.63, 3.8) is 0 Å². The maximum Gasteiger partial charge on any atom is 0.219 e. The van der Waals surface area contributed by atoms with Crippen molar-refractivity contribution in [3.05, 3.63) is 17.5 Å². The predicted molar refractivity (Wildman–Crippen MR) is 84.0 cm³/mol. The number of nitrogens with zero attached hydrogens (tertiary/aromatic N) is 3. The molecule has 1 saturated heterocycles. The Morgan fingerprint density at radius 1 is 1.38 bits per heavy atom. The van der Waals surface area contributed by atoms with E-state index in [2.05, 4.69) is 37.4 Å². The summed E-state index contributed by atoms with van der Waals surface area (Å²) in [5.41, 5.74) is 2.51. The van der Waals surface area contributed by atoms with Crippen molar-refractivity contribution in [1.82, 2.24) is 20.0 Å². The molecule has 0 aromatic carbocycles. The number of rotatable bonds is 3. The van der Waals surface area contributed by atoms with E-state index in [1.165, 1.54) is 11.3 Å². The van der Waals surface area contributed by atoms with Gasteiger partial charge in [0.25, 0.3) is 0 Å². The van der Waals surface area contributed by atoms with Crippen LogP contribution in [0, 0.1) is 0 Å². The van der Waals surface area contributed by atoms with Crippen molar-refractivity contribution < 1.29 is 4.79 Å². The van der Waals surface area contributed by atoms with Gasteiger partial charge in [0.05, 0.1) is 5.69 Å². The number of aromatic nitrogens is 2. The molecule has 0 saturated carbocycles. The van der Waals surface area contributed by atoms with Crippen LogP contribution in [0.25, 0.3) is 0 Å². The molecule has 0 aliphatic carbocycles. The number of nitrogens with one attached hydrogen (secondary N) is 1. The van der Waals surface area contributed by atoms with Crippen LogP contribution in [0.5, 0.6) is 0 Å². The summed E-state index contributed by atoms with van der Waals surface area (Å²) >= 11 is 0. The first-order valence-electron chi connectivity index (χ1n) is 7.79. The molecule has 5 heteroatoms. The van der Waals surface area contributed by atoms with Crippen LogP contribution in [0.3, 0.4) is 0 Å². The molecule has 1 aromatic heterocycles. The minimum Gasteiger partial charge on any atom is -0.343 e. The number of hydrogen-bond acceptors (Lipinski definition) is 3. The second-order valence-electron chi connectivity index (χ2n) is 7.09. The third-order valence-electron chi connectivity index (χ3n) is 4.14. The minimum absolute atomic E-state index is 0.0657. The summed E-state index contributed by atoms with van der Waals surface area (Å²) in [4.78, 5) is 13.3. The second kappa shape index (κ2) is 6.18. The molecule has 0 unspecified atom stereocenters. The smallest absolute Gasteiger partial charge is 0.219 e. The predicted octanol–water partition coefficient (Wildman–Crippen LogP) is 1.82. The molecule has 1 N–H and O–H groups in total. The van der Waals surface area contributed by atoms with E-state index in [0.29, 0.717) is 6.04 Å². The molecule has 1 aliphatic rings. The number of aryl methyl sites for hydroxylation is 1. The number of hydrogen-bond donors (Lipinski definition) is 1. The molecule has 0 spiro atoms. The van der Waals surface area contributed by atoms with Gasteiger partial charge < -0.3 is 10.2 Å². The Labute approximate surface area is 127 Å². The summed E-state index contributed by atoms with van der Waals surface area (Å²) in [5.74, 6) is 0.190. The van der Waals surface area contributed by atoms with Gasteiger partial charge in [0.1, 0.15) is 0 Å². The van der Waals surface area contributed by atoms with Crippen LogP contribution < -0.4 is 5.32 Å². The molecule has 1 aliphatic heterocycles. The number of piperidine rings is 1. The highest BCUT2D eigenvalue weighted by atomic mass is 16.2. The van der Waals surface area contributed by atoms with Crippen LogP contribution >= 0.6 is 0 Å². The molecular weight excluding hydrogens is 264 g/mol. The number of likely N-dealkylation sites (tertiary alicyclic amines) is 1. The van der Waals surface area contributed by atoms with Crippen LogP contribution in [0.4, 0.5) is 0 Å². The average molecular weight is 292 g/mol. The SMILES string of the molecule is CC(=O)N1CCC(NCc2cn(C)nc2C(C)(C)C)CC1.